The van der Waals surface area contributed by atoms with Gasteiger partial charge in [0.25, 0.3) is 0 Å². The van der Waals surface area contributed by atoms with E-state index in [9.17, 15) is 24.3 Å². The number of hydrogen-bond donors (Lipinski definition) is 6. The number of aliphatic carboxylic acids is 1. The number of hydrogen-bond acceptors (Lipinski definition) is 6. The first-order chi connectivity index (χ1) is 18.9. The molecule has 0 aliphatic heterocycles. The average Bonchev–Trinajstić information content (AvgIpc) is 3.54. The molecule has 3 rings (SSSR count). The van der Waals surface area contributed by atoms with Crippen molar-refractivity contribution in [1.82, 2.24) is 21.3 Å². The molecule has 39 heavy (non-hydrogen) atoms. The first-order valence-corrected chi connectivity index (χ1v) is 14.1. The average molecular weight is 546 g/mol. The Morgan fingerprint density at radius 3 is 2.33 bits per heavy atom. The molecule has 2 fully saturated rings. The van der Waals surface area contributed by atoms with Gasteiger partial charge in [0.1, 0.15) is 18.7 Å². The van der Waals surface area contributed by atoms with Gasteiger partial charge in [0, 0.05) is 12.6 Å². The number of urea groups is 1. The van der Waals surface area contributed by atoms with Crippen LogP contribution in [0.15, 0.2) is 30.3 Å². The zero-order valence-electron chi connectivity index (χ0n) is 22.5. The number of nitrogens with two attached hydrogens (primary N) is 1. The molecule has 5 atom stereocenters. The maximum atomic E-state index is 13.2. The van der Waals surface area contributed by atoms with E-state index in [2.05, 4.69) is 21.3 Å². The predicted molar refractivity (Wildman–Crippen MR) is 146 cm³/mol. The lowest BCUT2D eigenvalue weighted by Gasteiger charge is -2.26. The lowest BCUT2D eigenvalue weighted by Crippen LogP contribution is -2.55. The van der Waals surface area contributed by atoms with Crippen molar-refractivity contribution in [3.8, 4) is 0 Å². The summed E-state index contributed by atoms with van der Waals surface area (Å²) in [4.78, 5) is 49.4. The van der Waals surface area contributed by atoms with E-state index in [1.165, 1.54) is 6.42 Å². The fraction of sp³-hybridized carbons (Fsp3) is 0.643. The number of nitrogens with one attached hydrogen (secondary N) is 4. The number of carbonyl (C=O) groups is 4. The minimum absolute atomic E-state index is 0.118. The van der Waals surface area contributed by atoms with Crippen molar-refractivity contribution in [1.29, 1.82) is 0 Å². The normalized spacial score (nSPS) is 21.0. The fourth-order valence-corrected chi connectivity index (χ4v) is 5.52. The van der Waals surface area contributed by atoms with Gasteiger partial charge in [-0.15, -0.1) is 0 Å². The summed E-state index contributed by atoms with van der Waals surface area (Å²) in [5, 5.41) is 20.5. The third-order valence-corrected chi connectivity index (χ3v) is 7.64. The van der Waals surface area contributed by atoms with Gasteiger partial charge in [0.15, 0.2) is 0 Å². The number of carbonyl (C=O) groups excluding carboxylic acids is 3. The van der Waals surface area contributed by atoms with Crippen LogP contribution in [0.3, 0.4) is 0 Å². The summed E-state index contributed by atoms with van der Waals surface area (Å²) in [7, 11) is 0. The van der Waals surface area contributed by atoms with Crippen molar-refractivity contribution in [2.75, 3.05) is 13.1 Å². The van der Waals surface area contributed by atoms with Gasteiger partial charge in [-0.3, -0.25) is 4.79 Å². The molecule has 2 aliphatic carbocycles. The van der Waals surface area contributed by atoms with Gasteiger partial charge in [-0.1, -0.05) is 36.8 Å². The summed E-state index contributed by atoms with van der Waals surface area (Å²) in [5.41, 5.74) is 6.38. The highest BCUT2D eigenvalue weighted by Gasteiger charge is 2.40. The van der Waals surface area contributed by atoms with Crippen LogP contribution in [0.2, 0.25) is 0 Å². The molecule has 2 saturated carbocycles. The van der Waals surface area contributed by atoms with Crippen LogP contribution in [-0.4, -0.2) is 60.3 Å². The predicted octanol–water partition coefficient (Wildman–Crippen LogP) is 2.64. The van der Waals surface area contributed by atoms with Crippen LogP contribution in [0.4, 0.5) is 9.59 Å². The number of benzene rings is 1. The molecule has 0 heterocycles. The number of unbranched alkanes of at least 4 members (excludes halogenated alkanes) is 2. The molecule has 11 nitrogen and oxygen atoms in total. The van der Waals surface area contributed by atoms with Crippen molar-refractivity contribution in [3.05, 3.63) is 35.9 Å². The summed E-state index contributed by atoms with van der Waals surface area (Å²) in [6.07, 6.45) is 6.90. The molecule has 2 bridgehead atoms. The highest BCUT2D eigenvalue weighted by molar-refractivity contribution is 5.89. The van der Waals surface area contributed by atoms with Crippen LogP contribution in [0.1, 0.15) is 69.8 Å². The van der Waals surface area contributed by atoms with E-state index < -0.39 is 30.2 Å². The van der Waals surface area contributed by atoms with Crippen LogP contribution in [0.5, 0.6) is 0 Å². The van der Waals surface area contributed by atoms with Gasteiger partial charge < -0.3 is 36.8 Å². The monoisotopic (exact) mass is 545 g/mol. The summed E-state index contributed by atoms with van der Waals surface area (Å²) in [5.74, 6) is -0.241. The maximum Gasteiger partial charge on any atom is 0.407 e. The van der Waals surface area contributed by atoms with Crippen LogP contribution in [0.25, 0.3) is 0 Å². The number of ether oxygens (including phenoxy) is 1. The Hall–Kier alpha value is -3.34. The Bertz CT molecular complexity index is 946. The Morgan fingerprint density at radius 2 is 1.67 bits per heavy atom. The second-order valence-corrected chi connectivity index (χ2v) is 10.6. The van der Waals surface area contributed by atoms with E-state index in [1.807, 2.05) is 30.3 Å². The van der Waals surface area contributed by atoms with Gasteiger partial charge in [0.2, 0.25) is 5.91 Å². The molecule has 0 saturated heterocycles. The Balaban J connectivity index is 1.45. The number of amides is 4. The Kier molecular flexibility index (Phi) is 12.3. The van der Waals surface area contributed by atoms with Gasteiger partial charge in [-0.2, -0.15) is 0 Å². The molecule has 7 N–H and O–H groups in total. The number of alkyl carbamates (subject to hydrolysis) is 1. The summed E-state index contributed by atoms with van der Waals surface area (Å²) in [6.45, 7) is 0.993. The minimum atomic E-state index is -1.13. The summed E-state index contributed by atoms with van der Waals surface area (Å²) in [6, 6.07) is 6.94. The molecule has 1 aromatic rings. The van der Waals surface area contributed by atoms with E-state index in [0.717, 1.165) is 24.8 Å². The van der Waals surface area contributed by atoms with Crippen molar-refractivity contribution >= 4 is 24.0 Å². The zero-order chi connectivity index (χ0) is 28.0. The van der Waals surface area contributed by atoms with Crippen LogP contribution in [-0.2, 0) is 20.9 Å². The standard InChI is InChI=1S/C28H43N5O6/c29-14-6-4-11-23(26(35)36)33-27(37)32-22(25(34)31-24-17-20-12-13-21(24)16-20)10-5-7-15-30-28(38)39-18-19-8-2-1-3-9-19/h1-3,8-9,20-24H,4-7,10-18,29H2,(H,30,38)(H,31,34)(H,35,36)(H2,32,33,37)/t20-,21+,22?,23+,24-/m1/s1. The molecule has 1 unspecified atom stereocenters. The largest absolute Gasteiger partial charge is 0.480 e. The fourth-order valence-electron chi connectivity index (χ4n) is 5.52. The third kappa shape index (κ3) is 10.4. The van der Waals surface area contributed by atoms with Crippen LogP contribution < -0.4 is 27.0 Å². The molecule has 4 amide bonds. The lowest BCUT2D eigenvalue weighted by molar-refractivity contribution is -0.139. The van der Waals surface area contributed by atoms with E-state index in [-0.39, 0.29) is 25.0 Å². The first kappa shape index (κ1) is 30.2. The molecule has 0 aromatic heterocycles. The smallest absolute Gasteiger partial charge is 0.407 e. The van der Waals surface area contributed by atoms with Gasteiger partial charge >= 0.3 is 18.1 Å². The highest BCUT2D eigenvalue weighted by atomic mass is 16.5. The third-order valence-electron chi connectivity index (χ3n) is 7.64. The minimum Gasteiger partial charge on any atom is -0.480 e. The van der Waals surface area contributed by atoms with Crippen LogP contribution in [0, 0.1) is 11.8 Å². The Morgan fingerprint density at radius 1 is 0.949 bits per heavy atom. The summed E-state index contributed by atoms with van der Waals surface area (Å²) >= 11 is 0. The molecule has 11 heteroatoms. The second kappa shape index (κ2) is 15.9. The summed E-state index contributed by atoms with van der Waals surface area (Å²) < 4.78 is 5.20. The number of fused-ring (bicyclic) bond motifs is 2. The lowest BCUT2D eigenvalue weighted by atomic mass is 9.95. The van der Waals surface area contributed by atoms with Crippen molar-refractivity contribution in [2.24, 2.45) is 17.6 Å². The van der Waals surface area contributed by atoms with E-state index >= 15 is 0 Å². The number of carboxylic acid groups (broad SMARTS) is 1. The van der Waals surface area contributed by atoms with Crippen molar-refractivity contribution < 1.29 is 29.0 Å². The van der Waals surface area contributed by atoms with Crippen molar-refractivity contribution in [3.63, 3.8) is 0 Å². The van der Waals surface area contributed by atoms with E-state index in [0.29, 0.717) is 57.0 Å². The molecule has 216 valence electrons. The first-order valence-electron chi connectivity index (χ1n) is 14.1. The molecule has 2 aliphatic rings. The van der Waals surface area contributed by atoms with E-state index in [4.69, 9.17) is 10.5 Å². The molecule has 0 spiro atoms. The second-order valence-electron chi connectivity index (χ2n) is 10.6. The quantitative estimate of drug-likeness (QED) is 0.173. The highest BCUT2D eigenvalue weighted by Crippen LogP contribution is 2.44. The van der Waals surface area contributed by atoms with Crippen molar-refractivity contribution in [2.45, 2.75) is 88.9 Å². The topological polar surface area (TPSA) is 172 Å². The van der Waals surface area contributed by atoms with Gasteiger partial charge in [0.05, 0.1) is 0 Å². The van der Waals surface area contributed by atoms with Crippen LogP contribution >= 0.6 is 0 Å². The zero-order valence-corrected chi connectivity index (χ0v) is 22.5. The SMILES string of the molecule is NCCCC[C@H](NC(=O)NC(CCCCNC(=O)OCc1ccccc1)C(=O)N[C@@H]1C[C@@H]2CC[C@H]1C2)C(=O)O. The number of carboxylic acids is 1. The molecular formula is C28H43N5O6. The molecule has 1 aromatic carbocycles. The molecule has 0 radical (unpaired) electrons. The van der Waals surface area contributed by atoms with Gasteiger partial charge in [-0.25, -0.2) is 14.4 Å². The van der Waals surface area contributed by atoms with Gasteiger partial charge in [-0.05, 0) is 81.7 Å². The maximum absolute atomic E-state index is 13.2. The van der Waals surface area contributed by atoms with E-state index in [1.54, 1.807) is 0 Å². The number of rotatable bonds is 16. The Labute approximate surface area is 230 Å². The molecular weight excluding hydrogens is 502 g/mol.